The Kier molecular flexibility index (Phi) is 10.6. The van der Waals surface area contributed by atoms with Gasteiger partial charge in [-0.05, 0) is 0 Å². The fraction of sp³-hybridized carbons (Fsp3) is 0. The molecule has 66 valence electrons. The fourth-order valence-electron chi connectivity index (χ4n) is 0. The maximum atomic E-state index is 8.69. The molecule has 0 fully saturated rings. The van der Waals surface area contributed by atoms with Crippen LogP contribution in [0.3, 0.4) is 0 Å². The molecule has 0 aromatic heterocycles. The Morgan fingerprint density at radius 3 is 0.636 bits per heavy atom. The summed E-state index contributed by atoms with van der Waals surface area (Å²) in [6.07, 6.45) is 0. The molecule has 0 saturated carbocycles. The summed E-state index contributed by atoms with van der Waals surface area (Å²) in [7, 11) is 0. The molecule has 0 spiro atoms. The van der Waals surface area contributed by atoms with E-state index in [1.54, 1.807) is 0 Å². The molecule has 0 bridgehead atoms. The summed E-state index contributed by atoms with van der Waals surface area (Å²) in [6.45, 7) is 0. The molecule has 0 amide bonds. The van der Waals surface area contributed by atoms with Crippen LogP contribution < -0.4 is 0 Å². The van der Waals surface area contributed by atoms with E-state index in [9.17, 15) is 0 Å². The Balaban J connectivity index is -0.000000107. The van der Waals surface area contributed by atoms with Crippen molar-refractivity contribution < 1.29 is 57.3 Å². The first-order valence-electron chi connectivity index (χ1n) is 1.26. The van der Waals surface area contributed by atoms with Crippen LogP contribution in [-0.2, 0) is 48.9 Å². The van der Waals surface area contributed by atoms with Crippen molar-refractivity contribution in [2.45, 2.75) is 0 Å². The van der Waals surface area contributed by atoms with Crippen LogP contribution in [0.25, 0.3) is 0 Å². The van der Waals surface area contributed by atoms with Crippen LogP contribution in [-0.4, -0.2) is 46.1 Å². The van der Waals surface area contributed by atoms with E-state index in [1.807, 2.05) is 0 Å². The molecule has 8 nitrogen and oxygen atoms in total. The number of hydrogen-bond donors (Lipinski definition) is 2. The van der Waals surface area contributed by atoms with Crippen molar-refractivity contribution in [2.24, 2.45) is 0 Å². The van der Waals surface area contributed by atoms with E-state index in [0.717, 1.165) is 0 Å². The third kappa shape index (κ3) is 864. The van der Waals surface area contributed by atoms with Crippen molar-refractivity contribution in [1.82, 2.24) is 0 Å². The van der Waals surface area contributed by atoms with Gasteiger partial charge >= 0.3 is 57.3 Å². The van der Waals surface area contributed by atoms with Crippen molar-refractivity contribution in [3.8, 4) is 0 Å². The van der Waals surface area contributed by atoms with Crippen LogP contribution >= 0.6 is 0 Å². The molecule has 2 N–H and O–H groups in total. The fourth-order valence-corrected chi connectivity index (χ4v) is 0. The summed E-state index contributed by atoms with van der Waals surface area (Å²) in [5, 5.41) is 0. The predicted octanol–water partition coefficient (Wildman–Crippen LogP) is -2.21. The number of hydrogen-bond acceptors (Lipinski definition) is 6. The van der Waals surface area contributed by atoms with Gasteiger partial charge in [0.05, 0.1) is 0 Å². The molecule has 0 aliphatic carbocycles. The van der Waals surface area contributed by atoms with E-state index < -0.39 is 25.9 Å². The molecular weight excluding hydrogens is 278 g/mol. The van der Waals surface area contributed by atoms with Crippen molar-refractivity contribution in [2.75, 3.05) is 0 Å². The van der Waals surface area contributed by atoms with Crippen LogP contribution in [0.1, 0.15) is 0 Å². The van der Waals surface area contributed by atoms with Gasteiger partial charge in [0.1, 0.15) is 0 Å². The molecule has 0 saturated heterocycles. The zero-order valence-corrected chi connectivity index (χ0v) is 9.38. The normalized spacial score (nSPS) is 10.4. The molecule has 0 aromatic carbocycles. The monoisotopic (exact) mass is 280 g/mol. The van der Waals surface area contributed by atoms with Crippen LogP contribution in [0.5, 0.6) is 0 Å². The molecule has 0 aliphatic rings. The van der Waals surface area contributed by atoms with Crippen LogP contribution in [0, 0.1) is 0 Å². The Morgan fingerprint density at radius 1 is 0.636 bits per heavy atom. The minimum atomic E-state index is -5.38. The van der Waals surface area contributed by atoms with Crippen LogP contribution in [0.4, 0.5) is 0 Å². The average molecular weight is 280 g/mol. The van der Waals surface area contributed by atoms with E-state index in [1.165, 1.54) is 0 Å². The molecule has 2 radical (unpaired) electrons. The minimum absolute atomic E-state index is 0. The van der Waals surface area contributed by atoms with Gasteiger partial charge in [0, 0.05) is 37.7 Å². The van der Waals surface area contributed by atoms with E-state index >= 15 is 0 Å². The van der Waals surface area contributed by atoms with E-state index in [-0.39, 0.29) is 37.7 Å². The van der Waals surface area contributed by atoms with Gasteiger partial charge in [-0.2, -0.15) is 0 Å². The summed E-state index contributed by atoms with van der Waals surface area (Å²) in [5.41, 5.74) is 0. The van der Waals surface area contributed by atoms with Gasteiger partial charge in [0.25, 0.3) is 0 Å². The molecule has 0 rings (SSSR count). The standard InChI is InChI=1S/Ca.2Mn.2H2O.6O/h;;;2*1H2;;;;;;/q;2*+1;;;;;;;;/p-2. The van der Waals surface area contributed by atoms with Crippen molar-refractivity contribution in [3.05, 3.63) is 0 Å². The van der Waals surface area contributed by atoms with Crippen LogP contribution in [0.15, 0.2) is 0 Å². The second-order valence-corrected chi connectivity index (χ2v) is 3.27. The molecule has 0 aliphatic heterocycles. The summed E-state index contributed by atoms with van der Waals surface area (Å²) in [6, 6.07) is 0. The van der Waals surface area contributed by atoms with Gasteiger partial charge in [-0.25, -0.2) is 0 Å². The van der Waals surface area contributed by atoms with E-state index in [0.29, 0.717) is 0 Å². The second kappa shape index (κ2) is 6.53. The molecule has 11 heteroatoms. The predicted molar refractivity (Wildman–Crippen MR) is 14.3 cm³/mol. The third-order valence-electron chi connectivity index (χ3n) is 0. The zero-order chi connectivity index (χ0) is 9.00. The molecule has 11 heavy (non-hydrogen) atoms. The van der Waals surface area contributed by atoms with Gasteiger partial charge in [0.2, 0.25) is 0 Å². The van der Waals surface area contributed by atoms with Gasteiger partial charge in [0.15, 0.2) is 0 Å². The molecular formula is H2CaMn2O8. The second-order valence-electron chi connectivity index (χ2n) is 0.792. The first-order valence-corrected chi connectivity index (χ1v) is 5.21. The summed E-state index contributed by atoms with van der Waals surface area (Å²) in [4.78, 5) is 0. The molecule has 0 atom stereocenters. The van der Waals surface area contributed by atoms with E-state index in [2.05, 4.69) is 0 Å². The van der Waals surface area contributed by atoms with E-state index in [4.69, 9.17) is 31.4 Å². The summed E-state index contributed by atoms with van der Waals surface area (Å²) in [5.74, 6) is 0. The molecule has 0 aromatic rings. The van der Waals surface area contributed by atoms with Gasteiger partial charge in [-0.15, -0.1) is 0 Å². The van der Waals surface area contributed by atoms with Gasteiger partial charge < -0.3 is 0 Å². The van der Waals surface area contributed by atoms with Crippen molar-refractivity contribution in [1.29, 1.82) is 0 Å². The Labute approximate surface area is 93.9 Å². The molecule has 0 unspecified atom stereocenters. The molecule has 0 heterocycles. The van der Waals surface area contributed by atoms with Gasteiger partial charge in [-0.1, -0.05) is 0 Å². The summed E-state index contributed by atoms with van der Waals surface area (Å²) < 4.78 is 66.1. The summed E-state index contributed by atoms with van der Waals surface area (Å²) >= 11 is -10.8. The SMILES string of the molecule is [Ca].[O]=[Mn](=[O])(=[O])[OH].[O]=[Mn](=[O])(=[O])[OH]. The Hall–Kier alpha value is 1.02. The Morgan fingerprint density at radius 2 is 0.636 bits per heavy atom. The topological polar surface area (TPSA) is 143 Å². The number of rotatable bonds is 0. The average Bonchev–Trinajstić information content (AvgIpc) is 1.12. The van der Waals surface area contributed by atoms with Crippen LogP contribution in [0.2, 0.25) is 0 Å². The van der Waals surface area contributed by atoms with Crippen molar-refractivity contribution >= 4 is 37.7 Å². The van der Waals surface area contributed by atoms with Gasteiger partial charge in [-0.3, -0.25) is 0 Å². The first kappa shape index (κ1) is 17.9. The Bertz CT molecular complexity index is 296. The third-order valence-corrected chi connectivity index (χ3v) is 0. The maximum absolute atomic E-state index is 8.69. The zero-order valence-electron chi connectivity index (χ0n) is 4.81. The quantitative estimate of drug-likeness (QED) is 0.475. The first-order chi connectivity index (χ1) is 4.00. The van der Waals surface area contributed by atoms with Crippen molar-refractivity contribution in [3.63, 3.8) is 0 Å².